The largest absolute Gasteiger partial charge is 0.494 e. The summed E-state index contributed by atoms with van der Waals surface area (Å²) in [6.07, 6.45) is 6.23. The molecule has 0 heterocycles. The second kappa shape index (κ2) is 9.55. The number of carbonyl (C=O) groups excluding carboxylic acids is 1. The van der Waals surface area contributed by atoms with Crippen molar-refractivity contribution in [2.75, 3.05) is 12.9 Å². The van der Waals surface area contributed by atoms with Gasteiger partial charge in [0.2, 0.25) is 15.9 Å². The van der Waals surface area contributed by atoms with Gasteiger partial charge in [-0.3, -0.25) is 9.52 Å². The summed E-state index contributed by atoms with van der Waals surface area (Å²) in [5.41, 5.74) is 1.44. The molecule has 0 aliphatic carbocycles. The maximum Gasteiger partial charge on any atom is 0.239 e. The molecule has 2 aromatic rings. The molecule has 0 aromatic heterocycles. The smallest absolute Gasteiger partial charge is 0.239 e. The summed E-state index contributed by atoms with van der Waals surface area (Å²) < 4.78 is 30.2. The minimum absolute atomic E-state index is 0.453. The number of hydrogen-bond acceptors (Lipinski definition) is 4. The lowest BCUT2D eigenvalue weighted by molar-refractivity contribution is -0.127. The first-order valence-electron chi connectivity index (χ1n) is 9.14. The Morgan fingerprint density at radius 1 is 1.00 bits per heavy atom. The van der Waals surface area contributed by atoms with E-state index in [0.29, 0.717) is 19.4 Å². The van der Waals surface area contributed by atoms with Crippen molar-refractivity contribution < 1.29 is 17.9 Å². The van der Waals surface area contributed by atoms with Crippen LogP contribution in [0.2, 0.25) is 0 Å². The van der Waals surface area contributed by atoms with Crippen molar-refractivity contribution in [1.82, 2.24) is 4.72 Å². The van der Waals surface area contributed by atoms with Gasteiger partial charge >= 0.3 is 0 Å². The van der Waals surface area contributed by atoms with Gasteiger partial charge in [0.15, 0.2) is 0 Å². The first-order valence-corrected chi connectivity index (χ1v) is 11.0. The second-order valence-electron chi connectivity index (χ2n) is 7.35. The zero-order valence-electron chi connectivity index (χ0n) is 16.5. The molecule has 1 amide bonds. The first-order chi connectivity index (χ1) is 13.2. The lowest BCUT2D eigenvalue weighted by atomic mass is 9.87. The maximum absolute atomic E-state index is 12.0. The molecule has 6 heteroatoms. The topological polar surface area (TPSA) is 72.5 Å². The zero-order valence-corrected chi connectivity index (χ0v) is 17.3. The van der Waals surface area contributed by atoms with Crippen LogP contribution in [-0.4, -0.2) is 27.2 Å². The molecule has 5 nitrogen and oxygen atoms in total. The highest BCUT2D eigenvalue weighted by Gasteiger charge is 2.29. The van der Waals surface area contributed by atoms with Gasteiger partial charge in [0.1, 0.15) is 5.75 Å². The minimum Gasteiger partial charge on any atom is -0.494 e. The van der Waals surface area contributed by atoms with E-state index in [1.165, 1.54) is 0 Å². The predicted octanol–water partition coefficient (Wildman–Crippen LogP) is 4.12. The number of ether oxygens (including phenoxy) is 1. The molecule has 0 aliphatic heterocycles. The van der Waals surface area contributed by atoms with E-state index in [1.54, 1.807) is 13.8 Å². The van der Waals surface area contributed by atoms with Gasteiger partial charge in [-0.2, -0.15) is 0 Å². The molecule has 0 radical (unpaired) electrons. The van der Waals surface area contributed by atoms with Crippen LogP contribution in [0.1, 0.15) is 37.8 Å². The molecule has 2 rings (SSSR count). The summed E-state index contributed by atoms with van der Waals surface area (Å²) in [6, 6.07) is 17.9. The summed E-state index contributed by atoms with van der Waals surface area (Å²) in [5, 5.41) is 0. The summed E-state index contributed by atoms with van der Waals surface area (Å²) in [5.74, 6) is 0.264. The Morgan fingerprint density at radius 3 is 2.14 bits per heavy atom. The van der Waals surface area contributed by atoms with Crippen LogP contribution in [0.5, 0.6) is 5.75 Å². The summed E-state index contributed by atoms with van der Waals surface area (Å²) in [4.78, 5) is 12.0. The monoisotopic (exact) mass is 401 g/mol. The normalized spacial score (nSPS) is 12.1. The SMILES string of the molecule is CC(C)(CCCOc1ccc(/C=C/c2ccccc2)cc1)C(=O)NS(C)(=O)=O. The fourth-order valence-corrected chi connectivity index (χ4v) is 3.17. The van der Waals surface area contributed by atoms with Crippen LogP contribution in [0.3, 0.4) is 0 Å². The molecule has 0 bridgehead atoms. The van der Waals surface area contributed by atoms with Crippen LogP contribution in [-0.2, 0) is 14.8 Å². The molecule has 1 N–H and O–H groups in total. The Kier molecular flexibility index (Phi) is 7.40. The van der Waals surface area contributed by atoms with Gasteiger partial charge < -0.3 is 4.74 Å². The molecule has 0 aliphatic rings. The van der Waals surface area contributed by atoms with Gasteiger partial charge in [0.25, 0.3) is 0 Å². The lowest BCUT2D eigenvalue weighted by Gasteiger charge is -2.22. The Morgan fingerprint density at radius 2 is 1.57 bits per heavy atom. The van der Waals surface area contributed by atoms with E-state index < -0.39 is 21.3 Å². The standard InChI is InChI=1S/C22H27NO4S/c1-22(2,21(24)23-28(3,25)26)16-7-17-27-20-14-12-19(13-15-20)11-10-18-8-5-4-6-9-18/h4-6,8-15H,7,16-17H2,1-3H3,(H,23,24)/b11-10+. The molecule has 0 saturated carbocycles. The molecular weight excluding hydrogens is 374 g/mol. The van der Waals surface area contributed by atoms with Crippen LogP contribution >= 0.6 is 0 Å². The molecule has 0 fully saturated rings. The van der Waals surface area contributed by atoms with Gasteiger partial charge in [0.05, 0.1) is 12.9 Å². The highest BCUT2D eigenvalue weighted by atomic mass is 32.2. The maximum atomic E-state index is 12.0. The van der Waals surface area contributed by atoms with Gasteiger partial charge in [0, 0.05) is 5.41 Å². The molecule has 2 aromatic carbocycles. The fourth-order valence-electron chi connectivity index (χ4n) is 2.56. The van der Waals surface area contributed by atoms with Crippen molar-refractivity contribution in [3.63, 3.8) is 0 Å². The summed E-state index contributed by atoms with van der Waals surface area (Å²) in [7, 11) is -3.54. The third-order valence-electron chi connectivity index (χ3n) is 4.26. The molecule has 150 valence electrons. The Balaban J connectivity index is 1.79. The lowest BCUT2D eigenvalue weighted by Crippen LogP contribution is -2.40. The van der Waals surface area contributed by atoms with E-state index in [0.717, 1.165) is 23.1 Å². The van der Waals surface area contributed by atoms with Crippen LogP contribution in [0.25, 0.3) is 12.2 Å². The number of nitrogens with one attached hydrogen (secondary N) is 1. The fraction of sp³-hybridized carbons (Fsp3) is 0.318. The first kappa shape index (κ1) is 21.7. The van der Waals surface area contributed by atoms with Crippen molar-refractivity contribution in [3.8, 4) is 5.75 Å². The number of sulfonamides is 1. The third kappa shape index (κ3) is 7.56. The van der Waals surface area contributed by atoms with E-state index in [9.17, 15) is 13.2 Å². The summed E-state index contributed by atoms with van der Waals surface area (Å²) >= 11 is 0. The summed E-state index contributed by atoms with van der Waals surface area (Å²) in [6.45, 7) is 3.90. The van der Waals surface area contributed by atoms with Gasteiger partial charge in [-0.1, -0.05) is 68.5 Å². The van der Waals surface area contributed by atoms with Crippen molar-refractivity contribution in [2.45, 2.75) is 26.7 Å². The molecule has 0 saturated heterocycles. The molecule has 28 heavy (non-hydrogen) atoms. The Labute approximate surface area is 167 Å². The molecule has 0 unspecified atom stereocenters. The molecule has 0 spiro atoms. The highest BCUT2D eigenvalue weighted by Crippen LogP contribution is 2.23. The minimum atomic E-state index is -3.54. The quantitative estimate of drug-likeness (QED) is 0.507. The third-order valence-corrected chi connectivity index (χ3v) is 4.81. The van der Waals surface area contributed by atoms with E-state index in [4.69, 9.17) is 4.74 Å². The second-order valence-corrected chi connectivity index (χ2v) is 9.10. The number of amides is 1. The van der Waals surface area contributed by atoms with E-state index in [-0.39, 0.29) is 0 Å². The van der Waals surface area contributed by atoms with Crippen molar-refractivity contribution in [2.24, 2.45) is 5.41 Å². The van der Waals surface area contributed by atoms with E-state index >= 15 is 0 Å². The Hall–Kier alpha value is -2.60. The number of carbonyl (C=O) groups is 1. The Bertz CT molecular complexity index is 901. The molecular formula is C22H27NO4S. The zero-order chi connectivity index (χ0) is 20.6. The van der Waals surface area contributed by atoms with Crippen LogP contribution in [0.15, 0.2) is 54.6 Å². The van der Waals surface area contributed by atoms with Crippen LogP contribution in [0, 0.1) is 5.41 Å². The predicted molar refractivity (Wildman–Crippen MR) is 113 cm³/mol. The van der Waals surface area contributed by atoms with Crippen LogP contribution < -0.4 is 9.46 Å². The van der Waals surface area contributed by atoms with E-state index in [2.05, 4.69) is 6.08 Å². The van der Waals surface area contributed by atoms with Gasteiger partial charge in [-0.25, -0.2) is 8.42 Å². The van der Waals surface area contributed by atoms with Crippen molar-refractivity contribution in [1.29, 1.82) is 0 Å². The van der Waals surface area contributed by atoms with Crippen molar-refractivity contribution in [3.05, 3.63) is 65.7 Å². The average Bonchev–Trinajstić information content (AvgIpc) is 2.64. The van der Waals surface area contributed by atoms with Crippen LogP contribution in [0.4, 0.5) is 0 Å². The number of hydrogen-bond donors (Lipinski definition) is 1. The van der Waals surface area contributed by atoms with Gasteiger partial charge in [-0.05, 0) is 36.1 Å². The number of benzene rings is 2. The molecule has 0 atom stereocenters. The van der Waals surface area contributed by atoms with E-state index in [1.807, 2.05) is 65.4 Å². The average molecular weight is 402 g/mol. The number of rotatable bonds is 9. The van der Waals surface area contributed by atoms with Crippen molar-refractivity contribution >= 4 is 28.1 Å². The van der Waals surface area contributed by atoms with Gasteiger partial charge in [-0.15, -0.1) is 0 Å². The highest BCUT2D eigenvalue weighted by molar-refractivity contribution is 7.89.